The van der Waals surface area contributed by atoms with E-state index >= 15 is 0 Å². The first-order chi connectivity index (χ1) is 13.1. The zero-order chi connectivity index (χ0) is 20.5. The molecular formula is C21H21F3O3S. The molecule has 3 aromatic rings. The van der Waals surface area contributed by atoms with Gasteiger partial charge in [0.2, 0.25) is 0 Å². The van der Waals surface area contributed by atoms with Crippen LogP contribution in [0.15, 0.2) is 47.4 Å². The van der Waals surface area contributed by atoms with Gasteiger partial charge in [0.1, 0.15) is 4.90 Å². The van der Waals surface area contributed by atoms with Crippen LogP contribution >= 0.6 is 0 Å². The van der Waals surface area contributed by atoms with E-state index in [-0.39, 0.29) is 5.39 Å². The van der Waals surface area contributed by atoms with Crippen molar-refractivity contribution in [2.45, 2.75) is 50.1 Å². The maximum atomic E-state index is 13.3. The molecule has 0 aliphatic rings. The minimum Gasteiger partial charge on any atom is -0.282 e. The first kappa shape index (κ1) is 20.6. The van der Waals surface area contributed by atoms with Crippen LogP contribution in [0.5, 0.6) is 0 Å². The van der Waals surface area contributed by atoms with E-state index < -0.39 is 26.8 Å². The molecule has 0 amide bonds. The second kappa shape index (κ2) is 7.72. The Hall–Kier alpha value is -2.12. The van der Waals surface area contributed by atoms with Gasteiger partial charge in [0, 0.05) is 5.39 Å². The van der Waals surface area contributed by atoms with Gasteiger partial charge in [-0.15, -0.1) is 0 Å². The van der Waals surface area contributed by atoms with Crippen LogP contribution in [0.25, 0.3) is 21.5 Å². The van der Waals surface area contributed by atoms with E-state index in [2.05, 4.69) is 6.92 Å². The summed E-state index contributed by atoms with van der Waals surface area (Å²) in [5, 5.41) is 1.63. The Kier molecular flexibility index (Phi) is 5.68. The minimum absolute atomic E-state index is 0.138. The number of unbranched alkanes of at least 4 members (excludes halogenated alkanes) is 3. The van der Waals surface area contributed by atoms with Gasteiger partial charge in [-0.25, -0.2) is 0 Å². The molecule has 3 nitrogen and oxygen atoms in total. The number of benzene rings is 3. The van der Waals surface area contributed by atoms with Gasteiger partial charge in [0.05, 0.1) is 5.56 Å². The molecule has 3 aromatic carbocycles. The smallest absolute Gasteiger partial charge is 0.282 e. The van der Waals surface area contributed by atoms with Crippen molar-refractivity contribution in [3.05, 3.63) is 53.6 Å². The molecule has 0 unspecified atom stereocenters. The lowest BCUT2D eigenvalue weighted by Gasteiger charge is -2.14. The molecule has 1 N–H and O–H groups in total. The topological polar surface area (TPSA) is 54.4 Å². The van der Waals surface area contributed by atoms with E-state index in [1.807, 2.05) is 12.1 Å². The summed E-state index contributed by atoms with van der Waals surface area (Å²) in [6.07, 6.45) is 0.560. The highest BCUT2D eigenvalue weighted by molar-refractivity contribution is 7.86. The van der Waals surface area contributed by atoms with Crippen LogP contribution in [0.4, 0.5) is 13.2 Å². The summed E-state index contributed by atoms with van der Waals surface area (Å²) in [4.78, 5) is -1.09. The zero-order valence-electron chi connectivity index (χ0n) is 15.4. The molecule has 0 saturated carbocycles. The van der Waals surface area contributed by atoms with Crippen molar-refractivity contribution in [2.24, 2.45) is 0 Å². The number of aryl methyl sites for hydroxylation is 1. The molecule has 3 rings (SSSR count). The molecule has 0 saturated heterocycles. The Labute approximate surface area is 161 Å². The predicted molar refractivity (Wildman–Crippen MR) is 104 cm³/mol. The molecule has 7 heteroatoms. The van der Waals surface area contributed by atoms with Gasteiger partial charge < -0.3 is 0 Å². The largest absolute Gasteiger partial charge is 0.417 e. The van der Waals surface area contributed by atoms with Crippen LogP contribution < -0.4 is 0 Å². The Morgan fingerprint density at radius 1 is 0.893 bits per heavy atom. The number of halogens is 3. The molecular weight excluding hydrogens is 389 g/mol. The molecule has 0 atom stereocenters. The quantitative estimate of drug-likeness (QED) is 0.291. The van der Waals surface area contributed by atoms with Crippen molar-refractivity contribution < 1.29 is 26.1 Å². The van der Waals surface area contributed by atoms with Crippen LogP contribution in [0.2, 0.25) is 0 Å². The number of rotatable bonds is 6. The van der Waals surface area contributed by atoms with Gasteiger partial charge in [-0.3, -0.25) is 4.55 Å². The van der Waals surface area contributed by atoms with Gasteiger partial charge in [-0.2, -0.15) is 21.6 Å². The van der Waals surface area contributed by atoms with Crippen molar-refractivity contribution in [1.82, 2.24) is 0 Å². The zero-order valence-corrected chi connectivity index (χ0v) is 16.2. The first-order valence-electron chi connectivity index (χ1n) is 9.15. The Bertz CT molecular complexity index is 1120. The van der Waals surface area contributed by atoms with Crippen LogP contribution in [-0.2, 0) is 22.7 Å². The Morgan fingerprint density at radius 2 is 1.61 bits per heavy atom. The minimum atomic E-state index is -5.06. The van der Waals surface area contributed by atoms with E-state index in [4.69, 9.17) is 0 Å². The number of alkyl halides is 3. The van der Waals surface area contributed by atoms with E-state index in [9.17, 15) is 26.1 Å². The van der Waals surface area contributed by atoms with Crippen LogP contribution in [0.3, 0.4) is 0 Å². The SMILES string of the molecule is CCCCCCc1ccc2cc3c(S(=O)(=O)O)c(C(F)(F)F)ccc3cc2c1. The third-order valence-electron chi connectivity index (χ3n) is 4.87. The summed E-state index contributed by atoms with van der Waals surface area (Å²) < 4.78 is 72.7. The summed E-state index contributed by atoms with van der Waals surface area (Å²) in [5.74, 6) is 0. The molecule has 0 aromatic heterocycles. The first-order valence-corrected chi connectivity index (χ1v) is 10.6. The van der Waals surface area contributed by atoms with Gasteiger partial charge in [0.15, 0.2) is 0 Å². The fourth-order valence-electron chi connectivity index (χ4n) is 3.51. The van der Waals surface area contributed by atoms with E-state index in [1.54, 1.807) is 12.1 Å². The lowest BCUT2D eigenvalue weighted by atomic mass is 9.98. The van der Waals surface area contributed by atoms with Gasteiger partial charge in [0.25, 0.3) is 10.1 Å². The monoisotopic (exact) mass is 410 g/mol. The van der Waals surface area contributed by atoms with Crippen molar-refractivity contribution in [3.8, 4) is 0 Å². The van der Waals surface area contributed by atoms with Gasteiger partial charge in [-0.05, 0) is 52.8 Å². The molecule has 0 spiro atoms. The average molecular weight is 410 g/mol. The molecule has 0 fully saturated rings. The summed E-state index contributed by atoms with van der Waals surface area (Å²) in [5.41, 5.74) is -0.237. The maximum absolute atomic E-state index is 13.3. The predicted octanol–water partition coefficient (Wildman–Crippen LogP) is 6.38. The van der Waals surface area contributed by atoms with Crippen molar-refractivity contribution in [1.29, 1.82) is 0 Å². The maximum Gasteiger partial charge on any atom is 0.417 e. The average Bonchev–Trinajstić information content (AvgIpc) is 2.60. The molecule has 0 radical (unpaired) electrons. The molecule has 28 heavy (non-hydrogen) atoms. The summed E-state index contributed by atoms with van der Waals surface area (Å²) in [6.45, 7) is 2.15. The molecule has 150 valence electrons. The highest BCUT2D eigenvalue weighted by Gasteiger charge is 2.38. The van der Waals surface area contributed by atoms with E-state index in [1.165, 1.54) is 18.6 Å². The summed E-state index contributed by atoms with van der Waals surface area (Å²) in [7, 11) is -5.06. The fraction of sp³-hybridized carbons (Fsp3) is 0.333. The third kappa shape index (κ3) is 4.31. The highest BCUT2D eigenvalue weighted by Crippen LogP contribution is 2.39. The fourth-order valence-corrected chi connectivity index (χ4v) is 4.42. The van der Waals surface area contributed by atoms with Crippen LogP contribution in [0, 0.1) is 0 Å². The highest BCUT2D eigenvalue weighted by atomic mass is 32.2. The van der Waals surface area contributed by atoms with Crippen molar-refractivity contribution in [2.75, 3.05) is 0 Å². The van der Waals surface area contributed by atoms with Crippen LogP contribution in [-0.4, -0.2) is 13.0 Å². The second-order valence-corrected chi connectivity index (χ2v) is 8.34. The van der Waals surface area contributed by atoms with Gasteiger partial charge in [-0.1, -0.05) is 50.5 Å². The molecule has 0 heterocycles. The normalized spacial score (nSPS) is 12.8. The molecule has 0 aliphatic heterocycles. The Morgan fingerprint density at radius 3 is 2.25 bits per heavy atom. The number of hydrogen-bond donors (Lipinski definition) is 1. The molecule has 0 aliphatic carbocycles. The summed E-state index contributed by atoms with van der Waals surface area (Å²) >= 11 is 0. The van der Waals surface area contributed by atoms with Crippen molar-refractivity contribution in [3.63, 3.8) is 0 Å². The standard InChI is InChI=1S/C21H21F3O3S/c1-2-3-4-5-6-14-7-8-15-13-18-16(12-17(15)11-14)9-10-19(21(22,23)24)20(18)28(25,26)27/h7-13H,2-6H2,1H3,(H,25,26,27). The van der Waals surface area contributed by atoms with E-state index in [0.717, 1.165) is 36.6 Å². The lowest BCUT2D eigenvalue weighted by molar-refractivity contribution is -0.139. The number of hydrogen-bond acceptors (Lipinski definition) is 2. The number of fused-ring (bicyclic) bond motifs is 2. The Balaban J connectivity index is 2.14. The van der Waals surface area contributed by atoms with Gasteiger partial charge >= 0.3 is 6.18 Å². The second-order valence-electron chi connectivity index (χ2n) is 6.98. The lowest BCUT2D eigenvalue weighted by Crippen LogP contribution is -2.13. The summed E-state index contributed by atoms with van der Waals surface area (Å²) in [6, 6.07) is 10.6. The van der Waals surface area contributed by atoms with Crippen LogP contribution in [0.1, 0.15) is 43.7 Å². The molecule has 0 bridgehead atoms. The van der Waals surface area contributed by atoms with Crippen molar-refractivity contribution >= 4 is 31.7 Å². The van der Waals surface area contributed by atoms with E-state index in [0.29, 0.717) is 16.8 Å². The third-order valence-corrected chi connectivity index (χ3v) is 5.83.